The molecule has 4 rings (SSSR count). The monoisotopic (exact) mass is 408 g/mol. The molecule has 0 aliphatic carbocycles. The lowest BCUT2D eigenvalue weighted by atomic mass is 10.1. The van der Waals surface area contributed by atoms with Gasteiger partial charge in [0.15, 0.2) is 0 Å². The highest BCUT2D eigenvalue weighted by atomic mass is 32.1. The topological polar surface area (TPSA) is 23.6 Å². The molecule has 1 aliphatic heterocycles. The molecule has 3 nitrogen and oxygen atoms in total. The Bertz CT molecular complexity index is 994. The van der Waals surface area contributed by atoms with Crippen molar-refractivity contribution in [2.45, 2.75) is 32.5 Å². The van der Waals surface area contributed by atoms with E-state index in [0.29, 0.717) is 6.54 Å². The fourth-order valence-corrected chi connectivity index (χ4v) is 4.85. The van der Waals surface area contributed by atoms with E-state index in [0.717, 1.165) is 23.5 Å². The number of carbonyl (C=O) groups is 1. The number of hydrogen-bond donors (Lipinski definition) is 0. The van der Waals surface area contributed by atoms with E-state index in [1.165, 1.54) is 22.2 Å². The number of nitrogens with zero attached hydrogens (tertiary/aromatic N) is 2. The maximum atomic E-state index is 13.1. The lowest BCUT2D eigenvalue weighted by molar-refractivity contribution is -0.131. The van der Waals surface area contributed by atoms with Gasteiger partial charge in [0.05, 0.1) is 0 Å². The molecular formula is C24H25FN2OS. The van der Waals surface area contributed by atoms with Gasteiger partial charge in [0, 0.05) is 47.4 Å². The number of piperazine rings is 1. The average Bonchev–Trinajstić information content (AvgIpc) is 3.13. The fraction of sp³-hybridized carbons (Fsp3) is 0.292. The molecular weight excluding hydrogens is 383 g/mol. The third-order valence-corrected chi connectivity index (χ3v) is 6.61. The van der Waals surface area contributed by atoms with Crippen LogP contribution < -0.4 is 0 Å². The first kappa shape index (κ1) is 19.8. The molecule has 0 saturated carbocycles. The van der Waals surface area contributed by atoms with Crippen molar-refractivity contribution in [1.82, 2.24) is 9.80 Å². The van der Waals surface area contributed by atoms with Crippen molar-refractivity contribution in [3.05, 3.63) is 76.9 Å². The van der Waals surface area contributed by atoms with Crippen LogP contribution in [-0.2, 0) is 11.3 Å². The molecule has 0 radical (unpaired) electrons. The Morgan fingerprint density at radius 1 is 1.10 bits per heavy atom. The second-order valence-electron chi connectivity index (χ2n) is 7.76. The second-order valence-corrected chi connectivity index (χ2v) is 8.88. The van der Waals surface area contributed by atoms with Gasteiger partial charge >= 0.3 is 0 Å². The molecule has 1 aromatic heterocycles. The number of rotatable bonds is 4. The first-order valence-electron chi connectivity index (χ1n) is 9.95. The van der Waals surface area contributed by atoms with Gasteiger partial charge in [-0.15, -0.1) is 11.3 Å². The smallest absolute Gasteiger partial charge is 0.246 e. The Morgan fingerprint density at radius 2 is 1.86 bits per heavy atom. The standard InChI is InChI=1S/C24H25FN2OS/c1-17-15-27(18(2)14-26(17)16-19-7-9-21(25)10-8-19)24(28)12-11-22-13-20-5-3-4-6-23(20)29-22/h3-13,17-18H,14-16H2,1-2H3/b12-11+. The lowest BCUT2D eigenvalue weighted by Crippen LogP contribution is -2.57. The van der Waals surface area contributed by atoms with Crippen LogP contribution in [0.4, 0.5) is 4.39 Å². The molecule has 1 saturated heterocycles. The van der Waals surface area contributed by atoms with Gasteiger partial charge in [0.2, 0.25) is 5.91 Å². The summed E-state index contributed by atoms with van der Waals surface area (Å²) in [4.78, 5) is 18.2. The van der Waals surface area contributed by atoms with Gasteiger partial charge in [-0.2, -0.15) is 0 Å². The summed E-state index contributed by atoms with van der Waals surface area (Å²) >= 11 is 1.70. The fourth-order valence-electron chi connectivity index (χ4n) is 3.88. The molecule has 1 aliphatic rings. The van der Waals surface area contributed by atoms with Crippen LogP contribution in [0.15, 0.2) is 60.7 Å². The number of thiophene rings is 1. The van der Waals surface area contributed by atoms with Crippen LogP contribution in [0.5, 0.6) is 0 Å². The number of amides is 1. The highest BCUT2D eigenvalue weighted by molar-refractivity contribution is 7.19. The summed E-state index contributed by atoms with van der Waals surface area (Å²) < 4.78 is 14.4. The Labute approximate surface area is 175 Å². The van der Waals surface area contributed by atoms with Gasteiger partial charge < -0.3 is 4.90 Å². The van der Waals surface area contributed by atoms with Crippen molar-refractivity contribution in [2.75, 3.05) is 13.1 Å². The summed E-state index contributed by atoms with van der Waals surface area (Å²) in [6.07, 6.45) is 3.62. The predicted molar refractivity (Wildman–Crippen MR) is 118 cm³/mol. The van der Waals surface area contributed by atoms with E-state index in [-0.39, 0.29) is 23.8 Å². The van der Waals surface area contributed by atoms with E-state index in [4.69, 9.17) is 0 Å². The molecule has 2 aromatic carbocycles. The van der Waals surface area contributed by atoms with Crippen molar-refractivity contribution in [1.29, 1.82) is 0 Å². The zero-order chi connectivity index (χ0) is 20.4. The van der Waals surface area contributed by atoms with Gasteiger partial charge in [-0.05, 0) is 55.1 Å². The minimum Gasteiger partial charge on any atom is -0.334 e. The van der Waals surface area contributed by atoms with E-state index in [1.807, 2.05) is 35.2 Å². The molecule has 0 N–H and O–H groups in total. The lowest BCUT2D eigenvalue weighted by Gasteiger charge is -2.43. The predicted octanol–water partition coefficient (Wildman–Crippen LogP) is 5.18. The quantitative estimate of drug-likeness (QED) is 0.556. The molecule has 2 atom stereocenters. The third-order valence-electron chi connectivity index (χ3n) is 5.53. The molecule has 5 heteroatoms. The Balaban J connectivity index is 1.40. The molecule has 150 valence electrons. The SMILES string of the molecule is CC1CN(C(=O)/C=C/c2cc3ccccc3s2)C(C)CN1Cc1ccc(F)cc1. The number of halogens is 1. The van der Waals surface area contributed by atoms with Gasteiger partial charge in [0.1, 0.15) is 5.82 Å². The molecule has 2 unspecified atom stereocenters. The van der Waals surface area contributed by atoms with Gasteiger partial charge in [-0.1, -0.05) is 30.3 Å². The molecule has 29 heavy (non-hydrogen) atoms. The zero-order valence-electron chi connectivity index (χ0n) is 16.7. The molecule has 1 amide bonds. The van der Waals surface area contributed by atoms with Crippen LogP contribution in [0, 0.1) is 5.82 Å². The van der Waals surface area contributed by atoms with Crippen molar-refractivity contribution >= 4 is 33.4 Å². The van der Waals surface area contributed by atoms with Gasteiger partial charge in [-0.25, -0.2) is 4.39 Å². The van der Waals surface area contributed by atoms with Gasteiger partial charge in [0.25, 0.3) is 0 Å². The summed E-state index contributed by atoms with van der Waals surface area (Å²) in [7, 11) is 0. The highest BCUT2D eigenvalue weighted by Crippen LogP contribution is 2.26. The van der Waals surface area contributed by atoms with E-state index >= 15 is 0 Å². The minimum absolute atomic E-state index is 0.0586. The maximum absolute atomic E-state index is 13.1. The number of hydrogen-bond acceptors (Lipinski definition) is 3. The first-order chi connectivity index (χ1) is 14.0. The van der Waals surface area contributed by atoms with Crippen LogP contribution >= 0.6 is 11.3 Å². The molecule has 1 fully saturated rings. The Hall–Kier alpha value is -2.50. The Morgan fingerprint density at radius 3 is 2.62 bits per heavy atom. The first-order valence-corrected chi connectivity index (χ1v) is 10.8. The molecule has 0 spiro atoms. The number of benzene rings is 2. The summed E-state index contributed by atoms with van der Waals surface area (Å²) in [6, 6.07) is 17.4. The van der Waals surface area contributed by atoms with Crippen molar-refractivity contribution in [3.63, 3.8) is 0 Å². The van der Waals surface area contributed by atoms with Crippen molar-refractivity contribution in [3.8, 4) is 0 Å². The van der Waals surface area contributed by atoms with E-state index in [9.17, 15) is 9.18 Å². The molecule has 2 heterocycles. The Kier molecular flexibility index (Phi) is 5.79. The van der Waals surface area contributed by atoms with E-state index in [2.05, 4.69) is 36.9 Å². The van der Waals surface area contributed by atoms with E-state index in [1.54, 1.807) is 17.4 Å². The van der Waals surface area contributed by atoms with Crippen molar-refractivity contribution < 1.29 is 9.18 Å². The van der Waals surface area contributed by atoms with Gasteiger partial charge in [-0.3, -0.25) is 9.69 Å². The normalized spacial score (nSPS) is 20.6. The maximum Gasteiger partial charge on any atom is 0.246 e. The van der Waals surface area contributed by atoms with Crippen LogP contribution in [0.2, 0.25) is 0 Å². The number of carbonyl (C=O) groups excluding carboxylic acids is 1. The van der Waals surface area contributed by atoms with Crippen LogP contribution in [0.1, 0.15) is 24.3 Å². The zero-order valence-corrected chi connectivity index (χ0v) is 17.5. The van der Waals surface area contributed by atoms with Crippen LogP contribution in [0.3, 0.4) is 0 Å². The summed E-state index contributed by atoms with van der Waals surface area (Å²) in [5.74, 6) is -0.153. The summed E-state index contributed by atoms with van der Waals surface area (Å²) in [5, 5.41) is 1.21. The third kappa shape index (κ3) is 4.57. The van der Waals surface area contributed by atoms with Crippen molar-refractivity contribution in [2.24, 2.45) is 0 Å². The highest BCUT2D eigenvalue weighted by Gasteiger charge is 2.30. The average molecular weight is 409 g/mol. The summed E-state index contributed by atoms with van der Waals surface area (Å²) in [5.41, 5.74) is 1.09. The molecule has 0 bridgehead atoms. The summed E-state index contributed by atoms with van der Waals surface area (Å²) in [6.45, 7) is 6.50. The molecule has 3 aromatic rings. The number of fused-ring (bicyclic) bond motifs is 1. The van der Waals surface area contributed by atoms with Crippen LogP contribution in [0.25, 0.3) is 16.2 Å². The van der Waals surface area contributed by atoms with Crippen LogP contribution in [-0.4, -0.2) is 40.9 Å². The van der Waals surface area contributed by atoms with E-state index < -0.39 is 0 Å². The largest absolute Gasteiger partial charge is 0.334 e. The minimum atomic E-state index is -0.212. The second kappa shape index (κ2) is 8.47.